The van der Waals surface area contributed by atoms with Gasteiger partial charge < -0.3 is 0 Å². The minimum Gasteiger partial charge on any atom is -0.0622 e. The lowest BCUT2D eigenvalue weighted by Crippen LogP contribution is -2.00. The molecular formula is C54H36. The molecule has 54 heavy (non-hydrogen) atoms. The number of hydrogen-bond acceptors (Lipinski definition) is 0. The van der Waals surface area contributed by atoms with E-state index >= 15 is 0 Å². The Hall–Kier alpha value is -7.02. The van der Waals surface area contributed by atoms with E-state index in [-0.39, 0.29) is 0 Å². The van der Waals surface area contributed by atoms with Gasteiger partial charge in [-0.2, -0.15) is 0 Å². The number of hydrogen-bond donors (Lipinski definition) is 0. The van der Waals surface area contributed by atoms with Crippen LogP contribution in [0.2, 0.25) is 0 Å². The van der Waals surface area contributed by atoms with Crippen LogP contribution in [0.1, 0.15) is 0 Å². The fourth-order valence-corrected chi connectivity index (χ4v) is 8.59. The van der Waals surface area contributed by atoms with Gasteiger partial charge in [-0.05, 0) is 111 Å². The van der Waals surface area contributed by atoms with Crippen molar-refractivity contribution in [2.75, 3.05) is 0 Å². The van der Waals surface area contributed by atoms with Crippen LogP contribution in [0, 0.1) is 0 Å². The molecule has 0 aromatic heterocycles. The maximum absolute atomic E-state index is 2.49. The first-order valence-electron chi connectivity index (χ1n) is 18.7. The summed E-state index contributed by atoms with van der Waals surface area (Å²) in [7, 11) is 0. The van der Waals surface area contributed by atoms with Crippen molar-refractivity contribution < 1.29 is 0 Å². The van der Waals surface area contributed by atoms with Gasteiger partial charge in [-0.3, -0.25) is 0 Å². The Morgan fingerprint density at radius 3 is 1.02 bits per heavy atom. The van der Waals surface area contributed by atoms with Gasteiger partial charge in [0, 0.05) is 0 Å². The fourth-order valence-electron chi connectivity index (χ4n) is 8.59. The normalized spacial score (nSPS) is 11.3. The second kappa shape index (κ2) is 13.5. The molecule has 10 aromatic carbocycles. The molecule has 0 heteroatoms. The topological polar surface area (TPSA) is 0 Å². The Morgan fingerprint density at radius 2 is 0.537 bits per heavy atom. The summed E-state index contributed by atoms with van der Waals surface area (Å²) in [6.45, 7) is 0. The molecule has 0 fully saturated rings. The Labute approximate surface area is 316 Å². The summed E-state index contributed by atoms with van der Waals surface area (Å²) >= 11 is 0. The van der Waals surface area contributed by atoms with Crippen LogP contribution in [0.25, 0.3) is 99.1 Å². The Balaban J connectivity index is 1.58. The summed E-state index contributed by atoms with van der Waals surface area (Å²) in [4.78, 5) is 0. The zero-order valence-electron chi connectivity index (χ0n) is 29.8. The van der Waals surface area contributed by atoms with Crippen molar-refractivity contribution >= 4 is 32.3 Å². The van der Waals surface area contributed by atoms with Gasteiger partial charge in [-0.1, -0.05) is 206 Å². The van der Waals surface area contributed by atoms with Crippen molar-refractivity contribution in [2.24, 2.45) is 0 Å². The summed E-state index contributed by atoms with van der Waals surface area (Å²) in [5.41, 5.74) is 14.6. The standard InChI is InChI=1S/C54H36/c1-7-21-37(22-8-1)47-45-34-20-19-33-43(45)35-44-36-46-48(38-23-9-2-10-24-38)49(39-25-11-3-12-26-39)50(40-27-13-4-14-28-40)51(41-29-15-5-16-30-41)54(46)52(53(44)47)42-31-17-6-18-32-42/h1-36H. The van der Waals surface area contributed by atoms with Crippen LogP contribution in [-0.2, 0) is 0 Å². The van der Waals surface area contributed by atoms with Crippen LogP contribution in [0.15, 0.2) is 218 Å². The number of rotatable bonds is 6. The van der Waals surface area contributed by atoms with Crippen molar-refractivity contribution in [3.8, 4) is 66.8 Å². The van der Waals surface area contributed by atoms with Gasteiger partial charge in [0.1, 0.15) is 0 Å². The van der Waals surface area contributed by atoms with Crippen LogP contribution in [0.5, 0.6) is 0 Å². The van der Waals surface area contributed by atoms with Crippen molar-refractivity contribution in [3.63, 3.8) is 0 Å². The number of benzene rings is 10. The molecule has 0 unspecified atom stereocenters. The predicted octanol–water partition coefficient (Wildman–Crippen LogP) is 15.1. The minimum absolute atomic E-state index is 1.19. The molecule has 0 aliphatic rings. The smallest absolute Gasteiger partial charge is 0.000719 e. The molecule has 0 spiro atoms. The lowest BCUT2D eigenvalue weighted by Gasteiger charge is -2.27. The van der Waals surface area contributed by atoms with Crippen LogP contribution in [0.3, 0.4) is 0 Å². The van der Waals surface area contributed by atoms with Gasteiger partial charge in [0.05, 0.1) is 0 Å². The predicted molar refractivity (Wildman–Crippen MR) is 232 cm³/mol. The molecule has 0 heterocycles. The van der Waals surface area contributed by atoms with Crippen LogP contribution >= 0.6 is 0 Å². The average molecular weight is 685 g/mol. The molecule has 252 valence electrons. The molecule has 0 aliphatic heterocycles. The number of fused-ring (bicyclic) bond motifs is 3. The molecule has 0 radical (unpaired) electrons. The first-order valence-corrected chi connectivity index (χ1v) is 18.7. The summed E-state index contributed by atoms with van der Waals surface area (Å²) in [6.07, 6.45) is 0. The highest BCUT2D eigenvalue weighted by Gasteiger charge is 2.28. The van der Waals surface area contributed by atoms with E-state index < -0.39 is 0 Å². The monoisotopic (exact) mass is 684 g/mol. The van der Waals surface area contributed by atoms with Crippen molar-refractivity contribution in [1.82, 2.24) is 0 Å². The molecule has 0 nitrogen and oxygen atoms in total. The first kappa shape index (κ1) is 31.7. The van der Waals surface area contributed by atoms with Gasteiger partial charge in [-0.25, -0.2) is 0 Å². The molecule has 0 N–H and O–H groups in total. The van der Waals surface area contributed by atoms with Gasteiger partial charge >= 0.3 is 0 Å². The molecule has 0 amide bonds. The second-order valence-electron chi connectivity index (χ2n) is 13.9. The highest BCUT2D eigenvalue weighted by atomic mass is 14.3. The van der Waals surface area contributed by atoms with Crippen molar-refractivity contribution in [2.45, 2.75) is 0 Å². The Morgan fingerprint density at radius 1 is 0.185 bits per heavy atom. The second-order valence-corrected chi connectivity index (χ2v) is 13.9. The molecule has 10 aromatic rings. The van der Waals surface area contributed by atoms with Crippen LogP contribution < -0.4 is 0 Å². The molecule has 0 saturated heterocycles. The summed E-state index contributed by atoms with van der Waals surface area (Å²) < 4.78 is 0. The highest BCUT2D eigenvalue weighted by molar-refractivity contribution is 6.30. The largest absolute Gasteiger partial charge is 0.0622 e. The third-order valence-electron chi connectivity index (χ3n) is 10.8. The van der Waals surface area contributed by atoms with Gasteiger partial charge in [-0.15, -0.1) is 0 Å². The van der Waals surface area contributed by atoms with E-state index in [9.17, 15) is 0 Å². The Bertz CT molecular complexity index is 2910. The third kappa shape index (κ3) is 5.31. The van der Waals surface area contributed by atoms with E-state index in [4.69, 9.17) is 0 Å². The maximum Gasteiger partial charge on any atom is -0.000719 e. The quantitative estimate of drug-likeness (QED) is 0.153. The zero-order valence-corrected chi connectivity index (χ0v) is 29.8. The van der Waals surface area contributed by atoms with E-state index in [1.807, 2.05) is 0 Å². The van der Waals surface area contributed by atoms with Crippen LogP contribution in [0.4, 0.5) is 0 Å². The fraction of sp³-hybridized carbons (Fsp3) is 0. The molecular weight excluding hydrogens is 649 g/mol. The van der Waals surface area contributed by atoms with Crippen LogP contribution in [-0.4, -0.2) is 0 Å². The molecule has 0 saturated carbocycles. The molecule has 0 atom stereocenters. The van der Waals surface area contributed by atoms with Crippen molar-refractivity contribution in [3.05, 3.63) is 218 Å². The lowest BCUT2D eigenvalue weighted by molar-refractivity contribution is 1.57. The highest BCUT2D eigenvalue weighted by Crippen LogP contribution is 2.55. The van der Waals surface area contributed by atoms with E-state index in [1.165, 1.54) is 99.1 Å². The van der Waals surface area contributed by atoms with E-state index in [0.29, 0.717) is 0 Å². The molecule has 10 rings (SSSR count). The summed E-state index contributed by atoms with van der Waals surface area (Å²) in [5.74, 6) is 0. The lowest BCUT2D eigenvalue weighted by atomic mass is 9.75. The first-order chi connectivity index (χ1) is 26.8. The molecule has 0 bridgehead atoms. The maximum atomic E-state index is 2.49. The summed E-state index contributed by atoms with van der Waals surface area (Å²) in [6, 6.07) is 79.9. The van der Waals surface area contributed by atoms with E-state index in [1.54, 1.807) is 0 Å². The Kier molecular flexibility index (Phi) is 7.93. The summed E-state index contributed by atoms with van der Waals surface area (Å²) in [5, 5.41) is 7.46. The average Bonchev–Trinajstić information content (AvgIpc) is 3.26. The van der Waals surface area contributed by atoms with E-state index in [0.717, 1.165) is 0 Å². The van der Waals surface area contributed by atoms with Crippen molar-refractivity contribution in [1.29, 1.82) is 0 Å². The van der Waals surface area contributed by atoms with E-state index in [2.05, 4.69) is 218 Å². The van der Waals surface area contributed by atoms with Gasteiger partial charge in [0.2, 0.25) is 0 Å². The molecule has 0 aliphatic carbocycles. The van der Waals surface area contributed by atoms with Gasteiger partial charge in [0.25, 0.3) is 0 Å². The van der Waals surface area contributed by atoms with Gasteiger partial charge in [0.15, 0.2) is 0 Å². The third-order valence-corrected chi connectivity index (χ3v) is 10.8. The SMILES string of the molecule is c1ccc(-c2c(-c3ccccc3)c(-c3ccccc3)c3c(-c4ccccc4)c4c(-c5ccccc5)c5ccccc5cc4cc3c2-c2ccccc2)cc1. The zero-order chi connectivity index (χ0) is 35.8. The minimum atomic E-state index is 1.19.